The van der Waals surface area contributed by atoms with Crippen LogP contribution >= 0.6 is 0 Å². The Bertz CT molecular complexity index is 718. The molecule has 2 fully saturated rings. The number of carbonyl (C=O) groups excluding carboxylic acids is 1. The Morgan fingerprint density at radius 2 is 2.14 bits per heavy atom. The summed E-state index contributed by atoms with van der Waals surface area (Å²) in [7, 11) is 1.83. The molecule has 3 heterocycles. The van der Waals surface area contributed by atoms with Crippen LogP contribution in [0.2, 0.25) is 0 Å². The maximum atomic E-state index is 12.3. The molecule has 1 aliphatic carbocycles. The van der Waals surface area contributed by atoms with Gasteiger partial charge in [-0.2, -0.15) is 0 Å². The number of aromatic nitrogens is 2. The second-order valence-corrected chi connectivity index (χ2v) is 5.96. The predicted octanol–water partition coefficient (Wildman–Crippen LogP) is 1.54. The summed E-state index contributed by atoms with van der Waals surface area (Å²) >= 11 is 0. The van der Waals surface area contributed by atoms with Crippen LogP contribution in [0.25, 0.3) is 5.65 Å². The number of imidazole rings is 1. The van der Waals surface area contributed by atoms with Gasteiger partial charge in [-0.05, 0) is 30.4 Å². The normalized spacial score (nSPS) is 19.0. The SMILES string of the molecule is CN1CCN(c2cc(C3CC3)cn3cc(CN)nc23)C1=O. The third-order valence-corrected chi connectivity index (χ3v) is 4.37. The van der Waals surface area contributed by atoms with E-state index in [1.54, 1.807) is 4.90 Å². The van der Waals surface area contributed by atoms with Gasteiger partial charge in [0.05, 0.1) is 11.4 Å². The summed E-state index contributed by atoms with van der Waals surface area (Å²) in [4.78, 5) is 20.5. The van der Waals surface area contributed by atoms with E-state index in [-0.39, 0.29) is 6.03 Å². The standard InChI is InChI=1S/C15H19N5O/c1-18-4-5-20(15(18)21)13-6-11(10-2-3-10)8-19-9-12(7-16)17-14(13)19/h6,8-10H,2-5,7,16H2,1H3. The van der Waals surface area contributed by atoms with Crippen LogP contribution < -0.4 is 10.6 Å². The van der Waals surface area contributed by atoms with Gasteiger partial charge >= 0.3 is 6.03 Å². The molecule has 1 saturated carbocycles. The minimum absolute atomic E-state index is 0.0437. The highest BCUT2D eigenvalue weighted by Gasteiger charge is 2.31. The molecule has 0 aromatic carbocycles. The first-order valence-electron chi connectivity index (χ1n) is 7.41. The van der Waals surface area contributed by atoms with Crippen molar-refractivity contribution in [1.29, 1.82) is 0 Å². The third-order valence-electron chi connectivity index (χ3n) is 4.37. The van der Waals surface area contributed by atoms with Gasteiger partial charge in [0, 0.05) is 39.1 Å². The zero-order valence-corrected chi connectivity index (χ0v) is 12.1. The maximum absolute atomic E-state index is 12.3. The molecule has 0 atom stereocenters. The predicted molar refractivity (Wildman–Crippen MR) is 80.4 cm³/mol. The number of hydrogen-bond donors (Lipinski definition) is 1. The van der Waals surface area contributed by atoms with Gasteiger partial charge in [0.2, 0.25) is 0 Å². The van der Waals surface area contributed by atoms with Crippen molar-refractivity contribution in [3.05, 3.63) is 29.7 Å². The zero-order chi connectivity index (χ0) is 14.6. The number of amides is 2. The van der Waals surface area contributed by atoms with Crippen LogP contribution in [0.4, 0.5) is 10.5 Å². The van der Waals surface area contributed by atoms with Crippen molar-refractivity contribution in [3.63, 3.8) is 0 Å². The van der Waals surface area contributed by atoms with E-state index < -0.39 is 0 Å². The van der Waals surface area contributed by atoms with Crippen LogP contribution in [0.15, 0.2) is 18.5 Å². The van der Waals surface area contributed by atoms with E-state index in [9.17, 15) is 4.79 Å². The quantitative estimate of drug-likeness (QED) is 0.930. The Hall–Kier alpha value is -2.08. The number of nitrogens with zero attached hydrogens (tertiary/aromatic N) is 4. The van der Waals surface area contributed by atoms with Crippen LogP contribution in [-0.2, 0) is 6.54 Å². The van der Waals surface area contributed by atoms with E-state index in [2.05, 4.69) is 17.2 Å². The lowest BCUT2D eigenvalue weighted by Gasteiger charge is -2.18. The largest absolute Gasteiger partial charge is 0.326 e. The third kappa shape index (κ3) is 1.98. The summed E-state index contributed by atoms with van der Waals surface area (Å²) in [5.74, 6) is 0.632. The van der Waals surface area contributed by atoms with Gasteiger partial charge < -0.3 is 15.0 Å². The number of fused-ring (bicyclic) bond motifs is 1. The maximum Gasteiger partial charge on any atom is 0.324 e. The Morgan fingerprint density at radius 1 is 1.33 bits per heavy atom. The molecule has 1 aliphatic heterocycles. The van der Waals surface area contributed by atoms with E-state index >= 15 is 0 Å². The van der Waals surface area contributed by atoms with Gasteiger partial charge in [0.25, 0.3) is 0 Å². The molecule has 1 saturated heterocycles. The molecule has 2 aromatic heterocycles. The van der Waals surface area contributed by atoms with Gasteiger partial charge in [0.1, 0.15) is 0 Å². The highest BCUT2D eigenvalue weighted by molar-refractivity contribution is 5.97. The van der Waals surface area contributed by atoms with Crippen molar-refractivity contribution >= 4 is 17.4 Å². The van der Waals surface area contributed by atoms with Crippen molar-refractivity contribution in [1.82, 2.24) is 14.3 Å². The van der Waals surface area contributed by atoms with Gasteiger partial charge in [-0.3, -0.25) is 4.90 Å². The summed E-state index contributed by atoms with van der Waals surface area (Å²) in [5, 5.41) is 0. The number of urea groups is 1. The highest BCUT2D eigenvalue weighted by Crippen LogP contribution is 2.42. The minimum atomic E-state index is 0.0437. The average Bonchev–Trinajstić information content (AvgIpc) is 3.17. The first-order chi connectivity index (χ1) is 10.2. The Morgan fingerprint density at radius 3 is 2.76 bits per heavy atom. The van der Waals surface area contributed by atoms with Gasteiger partial charge in [0.15, 0.2) is 5.65 Å². The van der Waals surface area contributed by atoms with E-state index in [0.29, 0.717) is 19.0 Å². The first-order valence-corrected chi connectivity index (χ1v) is 7.41. The highest BCUT2D eigenvalue weighted by atomic mass is 16.2. The number of carbonyl (C=O) groups is 1. The Kier molecular flexibility index (Phi) is 2.68. The van der Waals surface area contributed by atoms with Crippen molar-refractivity contribution < 1.29 is 4.79 Å². The zero-order valence-electron chi connectivity index (χ0n) is 12.1. The molecule has 2 amide bonds. The number of pyridine rings is 1. The molecule has 0 radical (unpaired) electrons. The molecule has 6 heteroatoms. The average molecular weight is 285 g/mol. The fraction of sp³-hybridized carbons (Fsp3) is 0.467. The summed E-state index contributed by atoms with van der Waals surface area (Å²) in [6.45, 7) is 1.88. The van der Waals surface area contributed by atoms with Gasteiger partial charge in [-0.1, -0.05) is 0 Å². The topological polar surface area (TPSA) is 66.9 Å². The lowest BCUT2D eigenvalue weighted by molar-refractivity contribution is 0.229. The van der Waals surface area contributed by atoms with Crippen molar-refractivity contribution in [3.8, 4) is 0 Å². The lowest BCUT2D eigenvalue weighted by atomic mass is 10.1. The summed E-state index contributed by atoms with van der Waals surface area (Å²) in [6, 6.07) is 2.18. The fourth-order valence-electron chi connectivity index (χ4n) is 2.96. The van der Waals surface area contributed by atoms with Crippen LogP contribution in [0.1, 0.15) is 30.0 Å². The molecule has 0 bridgehead atoms. The van der Waals surface area contributed by atoms with Crippen molar-refractivity contribution in [2.75, 3.05) is 25.0 Å². The molecular weight excluding hydrogens is 266 g/mol. The molecule has 2 aromatic rings. The van der Waals surface area contributed by atoms with Crippen LogP contribution in [-0.4, -0.2) is 40.5 Å². The number of rotatable bonds is 3. The Balaban J connectivity index is 1.88. The van der Waals surface area contributed by atoms with Crippen molar-refractivity contribution in [2.24, 2.45) is 5.73 Å². The van der Waals surface area contributed by atoms with Gasteiger partial charge in [-0.15, -0.1) is 0 Å². The van der Waals surface area contributed by atoms with E-state index in [4.69, 9.17) is 5.73 Å². The number of hydrogen-bond acceptors (Lipinski definition) is 3. The second-order valence-electron chi connectivity index (χ2n) is 5.96. The molecule has 110 valence electrons. The summed E-state index contributed by atoms with van der Waals surface area (Å²) in [6.07, 6.45) is 6.57. The monoisotopic (exact) mass is 285 g/mol. The number of anilines is 1. The summed E-state index contributed by atoms with van der Waals surface area (Å²) < 4.78 is 2.02. The first kappa shape index (κ1) is 12.6. The van der Waals surface area contributed by atoms with E-state index in [0.717, 1.165) is 23.6 Å². The molecule has 21 heavy (non-hydrogen) atoms. The smallest absolute Gasteiger partial charge is 0.324 e. The number of nitrogens with two attached hydrogens (primary N) is 1. The fourth-order valence-corrected chi connectivity index (χ4v) is 2.96. The van der Waals surface area contributed by atoms with E-state index in [1.165, 1.54) is 18.4 Å². The lowest BCUT2D eigenvalue weighted by Crippen LogP contribution is -2.29. The molecular formula is C15H19N5O. The molecule has 4 rings (SSSR count). The van der Waals surface area contributed by atoms with Crippen molar-refractivity contribution in [2.45, 2.75) is 25.3 Å². The van der Waals surface area contributed by atoms with Crippen LogP contribution in [0, 0.1) is 0 Å². The molecule has 0 unspecified atom stereocenters. The molecule has 6 nitrogen and oxygen atoms in total. The Labute approximate surface area is 123 Å². The molecule has 0 spiro atoms. The second kappa shape index (κ2) is 4.46. The minimum Gasteiger partial charge on any atom is -0.326 e. The van der Waals surface area contributed by atoms with Crippen LogP contribution in [0.3, 0.4) is 0 Å². The molecule has 2 N–H and O–H groups in total. The summed E-state index contributed by atoms with van der Waals surface area (Å²) in [5.41, 5.74) is 9.59. The van der Waals surface area contributed by atoms with E-state index in [1.807, 2.05) is 22.5 Å². The number of likely N-dealkylation sites (N-methyl/N-ethyl adjacent to an activating group) is 1. The molecule has 2 aliphatic rings. The van der Waals surface area contributed by atoms with Crippen LogP contribution in [0.5, 0.6) is 0 Å². The van der Waals surface area contributed by atoms with Gasteiger partial charge in [-0.25, -0.2) is 9.78 Å².